The minimum Gasteiger partial charge on any atom is -0.455 e. The van der Waals surface area contributed by atoms with Crippen LogP contribution in [0.25, 0.3) is 0 Å². The summed E-state index contributed by atoms with van der Waals surface area (Å²) < 4.78 is 60.9. The van der Waals surface area contributed by atoms with Crippen molar-refractivity contribution in [1.82, 2.24) is 5.32 Å². The molecule has 0 saturated carbocycles. The molecule has 1 aromatic rings. The van der Waals surface area contributed by atoms with Gasteiger partial charge in [-0.15, -0.1) is 0 Å². The number of carbonyl (C=O) groups excluding carboxylic acids is 2. The van der Waals surface area contributed by atoms with Crippen molar-refractivity contribution in [3.8, 4) is 0 Å². The fourth-order valence-electron chi connectivity index (χ4n) is 6.26. The zero-order valence-electron chi connectivity index (χ0n) is 29.0. The Balaban J connectivity index is 1.84. The fraction of sp³-hybridized carbons (Fsp3) is 0.487. The number of halogens is 3. The van der Waals surface area contributed by atoms with Gasteiger partial charge < -0.3 is 19.5 Å². The summed E-state index contributed by atoms with van der Waals surface area (Å²) in [5, 5.41) is 2.66. The lowest BCUT2D eigenvalue weighted by atomic mass is 9.81. The first-order valence-electron chi connectivity index (χ1n) is 16.6. The standard InChI is InChI=1S/C39H50F3NO5/c1-8-14-34-30(6)29(5)25-35(48-34)33(43-37(45)38(46-7,39(40,41)42)31-16-10-9-11-17-31)19-12-15-26(2)23-28(4)24-27(3)21-22-32-18-13-20-36(44)47-32/h8-17,19-22,24,28-30,32-35H,18,23,25H2,1-7H3,(H,43,45)/b14-8+,19-12+,22-21+,26-15+,27-24-/t28?,29-,30?,32-,33+,34+,35+,38-/m1/s1. The first kappa shape index (κ1) is 38.8. The van der Waals surface area contributed by atoms with E-state index in [9.17, 15) is 22.8 Å². The largest absolute Gasteiger partial charge is 0.455 e. The van der Waals surface area contributed by atoms with Gasteiger partial charge in [0.05, 0.1) is 18.2 Å². The molecule has 9 heteroatoms. The number of amides is 1. The van der Waals surface area contributed by atoms with Crippen molar-refractivity contribution in [2.24, 2.45) is 17.8 Å². The van der Waals surface area contributed by atoms with Crippen LogP contribution < -0.4 is 5.32 Å². The number of cyclic esters (lactones) is 1. The topological polar surface area (TPSA) is 73.9 Å². The van der Waals surface area contributed by atoms with E-state index in [1.54, 1.807) is 24.3 Å². The van der Waals surface area contributed by atoms with Gasteiger partial charge >= 0.3 is 12.1 Å². The maximum atomic E-state index is 14.7. The lowest BCUT2D eigenvalue weighted by molar-refractivity contribution is -0.266. The highest BCUT2D eigenvalue weighted by molar-refractivity contribution is 5.88. The van der Waals surface area contributed by atoms with Crippen LogP contribution in [0.2, 0.25) is 0 Å². The molecule has 0 aliphatic carbocycles. The molecule has 2 aliphatic rings. The Kier molecular flexibility index (Phi) is 14.2. The molecule has 8 atom stereocenters. The number of alkyl halides is 3. The first-order valence-corrected chi connectivity index (χ1v) is 16.6. The fourth-order valence-corrected chi connectivity index (χ4v) is 6.26. The number of ether oxygens (including phenoxy) is 3. The number of nitrogens with one attached hydrogen (secondary N) is 1. The van der Waals surface area contributed by atoms with Crippen LogP contribution in [0, 0.1) is 17.8 Å². The van der Waals surface area contributed by atoms with Crippen LogP contribution in [-0.4, -0.2) is 49.5 Å². The van der Waals surface area contributed by atoms with E-state index in [0.717, 1.165) is 24.7 Å². The van der Waals surface area contributed by atoms with Crippen molar-refractivity contribution in [2.45, 2.75) is 96.9 Å². The van der Waals surface area contributed by atoms with E-state index in [0.29, 0.717) is 12.8 Å². The summed E-state index contributed by atoms with van der Waals surface area (Å²) in [5.41, 5.74) is -1.42. The normalized spacial score (nSPS) is 26.9. The van der Waals surface area contributed by atoms with Gasteiger partial charge in [-0.05, 0) is 57.4 Å². The van der Waals surface area contributed by atoms with E-state index >= 15 is 0 Å². The summed E-state index contributed by atoms with van der Waals surface area (Å²) in [6.45, 7) is 12.1. The lowest BCUT2D eigenvalue weighted by Crippen LogP contribution is -2.59. The average molecular weight is 670 g/mol. The maximum absolute atomic E-state index is 14.7. The molecular formula is C39H50F3NO5. The molecular weight excluding hydrogens is 619 g/mol. The van der Waals surface area contributed by atoms with E-state index in [1.807, 2.05) is 51.2 Å². The van der Waals surface area contributed by atoms with E-state index in [-0.39, 0.29) is 41.5 Å². The number of benzene rings is 1. The summed E-state index contributed by atoms with van der Waals surface area (Å²) >= 11 is 0. The van der Waals surface area contributed by atoms with Gasteiger partial charge in [0.25, 0.3) is 11.5 Å². The van der Waals surface area contributed by atoms with Crippen LogP contribution in [0.5, 0.6) is 0 Å². The molecule has 6 nitrogen and oxygen atoms in total. The quantitative estimate of drug-likeness (QED) is 0.130. The number of esters is 1. The third-order valence-corrected chi connectivity index (χ3v) is 8.99. The molecule has 48 heavy (non-hydrogen) atoms. The minimum atomic E-state index is -5.03. The predicted octanol–water partition coefficient (Wildman–Crippen LogP) is 8.48. The van der Waals surface area contributed by atoms with Crippen molar-refractivity contribution >= 4 is 11.9 Å². The van der Waals surface area contributed by atoms with Crippen molar-refractivity contribution in [1.29, 1.82) is 0 Å². The molecule has 2 heterocycles. The van der Waals surface area contributed by atoms with Crippen LogP contribution >= 0.6 is 0 Å². The molecule has 0 aromatic heterocycles. The maximum Gasteiger partial charge on any atom is 0.430 e. The molecule has 0 spiro atoms. The highest BCUT2D eigenvalue weighted by atomic mass is 19.4. The van der Waals surface area contributed by atoms with E-state index in [1.165, 1.54) is 30.3 Å². The van der Waals surface area contributed by atoms with Crippen molar-refractivity contribution in [2.75, 3.05) is 7.11 Å². The summed E-state index contributed by atoms with van der Waals surface area (Å²) in [7, 11) is 0.898. The third-order valence-electron chi connectivity index (χ3n) is 8.99. The Morgan fingerprint density at radius 1 is 1.15 bits per heavy atom. The van der Waals surface area contributed by atoms with Crippen LogP contribution in [0.4, 0.5) is 13.2 Å². The van der Waals surface area contributed by atoms with Crippen LogP contribution in [0.3, 0.4) is 0 Å². The number of carbonyl (C=O) groups is 2. The summed E-state index contributed by atoms with van der Waals surface area (Å²) in [5.74, 6) is -1.06. The van der Waals surface area contributed by atoms with Crippen LogP contribution in [-0.2, 0) is 29.4 Å². The number of methoxy groups -OCH3 is 1. The zero-order chi connectivity index (χ0) is 35.5. The Morgan fingerprint density at radius 2 is 1.85 bits per heavy atom. The van der Waals surface area contributed by atoms with E-state index in [4.69, 9.17) is 14.2 Å². The van der Waals surface area contributed by atoms with Gasteiger partial charge in [0, 0.05) is 25.2 Å². The van der Waals surface area contributed by atoms with E-state index < -0.39 is 29.8 Å². The monoisotopic (exact) mass is 669 g/mol. The molecule has 262 valence electrons. The van der Waals surface area contributed by atoms with Gasteiger partial charge in [-0.1, -0.05) is 111 Å². The molecule has 0 bridgehead atoms. The van der Waals surface area contributed by atoms with Gasteiger partial charge in [-0.3, -0.25) is 4.79 Å². The highest BCUT2D eigenvalue weighted by Gasteiger charge is 2.63. The van der Waals surface area contributed by atoms with Gasteiger partial charge in [-0.25, -0.2) is 4.79 Å². The third kappa shape index (κ3) is 10.2. The van der Waals surface area contributed by atoms with Crippen molar-refractivity contribution in [3.63, 3.8) is 0 Å². The van der Waals surface area contributed by atoms with Crippen molar-refractivity contribution in [3.05, 3.63) is 108 Å². The molecule has 3 rings (SSSR count). The SMILES string of the molecule is C/C=C/[C@@H]1O[C@H]([C@H](/C=C/C=C(\C)CC(C)/C=C(C)\C=C\[C@H]2CC=CC(=O)O2)NC(=O)[C@](OC)(c2ccccc2)C(F)(F)F)C[C@@H](C)C1C. The molecule has 1 amide bonds. The number of hydrogen-bond acceptors (Lipinski definition) is 5. The Bertz CT molecular complexity index is 1410. The second-order valence-corrected chi connectivity index (χ2v) is 12.9. The Labute approximate surface area is 283 Å². The summed E-state index contributed by atoms with van der Waals surface area (Å²) in [6.07, 6.45) is 14.2. The molecule has 0 radical (unpaired) electrons. The first-order chi connectivity index (χ1) is 22.7. The summed E-state index contributed by atoms with van der Waals surface area (Å²) in [6, 6.07) is 6.10. The Morgan fingerprint density at radius 3 is 2.48 bits per heavy atom. The number of rotatable bonds is 13. The number of allylic oxidation sites excluding steroid dienone is 7. The van der Waals surface area contributed by atoms with Crippen molar-refractivity contribution < 1.29 is 37.0 Å². The molecule has 2 unspecified atom stereocenters. The van der Waals surface area contributed by atoms with Gasteiger partial charge in [0.1, 0.15) is 6.10 Å². The summed E-state index contributed by atoms with van der Waals surface area (Å²) in [4.78, 5) is 25.2. The van der Waals surface area contributed by atoms with Crippen LogP contribution in [0.15, 0.2) is 102 Å². The molecule has 1 N–H and O–H groups in total. The molecule has 1 saturated heterocycles. The second kappa shape index (κ2) is 17.6. The Hall–Kier alpha value is -3.69. The van der Waals surface area contributed by atoms with Crippen LogP contribution in [0.1, 0.15) is 66.4 Å². The predicted molar refractivity (Wildman–Crippen MR) is 183 cm³/mol. The lowest BCUT2D eigenvalue weighted by Gasteiger charge is -2.42. The van der Waals surface area contributed by atoms with Gasteiger partial charge in [0.15, 0.2) is 0 Å². The zero-order valence-corrected chi connectivity index (χ0v) is 29.0. The molecule has 1 fully saturated rings. The molecule has 2 aliphatic heterocycles. The highest BCUT2D eigenvalue weighted by Crippen LogP contribution is 2.42. The van der Waals surface area contributed by atoms with Gasteiger partial charge in [-0.2, -0.15) is 13.2 Å². The molecule has 1 aromatic carbocycles. The minimum absolute atomic E-state index is 0.189. The smallest absolute Gasteiger partial charge is 0.430 e. The average Bonchev–Trinajstić information content (AvgIpc) is 3.02. The van der Waals surface area contributed by atoms with E-state index in [2.05, 4.69) is 32.2 Å². The second-order valence-electron chi connectivity index (χ2n) is 12.9. The number of hydrogen-bond donors (Lipinski definition) is 1. The van der Waals surface area contributed by atoms with Gasteiger partial charge in [0.2, 0.25) is 0 Å².